The Hall–Kier alpha value is -2.94. The lowest BCUT2D eigenvalue weighted by molar-refractivity contribution is -0.130. The predicted molar refractivity (Wildman–Crippen MR) is 105 cm³/mol. The molecule has 1 rings (SSSR count). The highest BCUT2D eigenvalue weighted by Gasteiger charge is 2.22. The monoisotopic (exact) mass is 391 g/mol. The molecule has 9 nitrogen and oxygen atoms in total. The summed E-state index contributed by atoms with van der Waals surface area (Å²) in [7, 11) is 0. The molecule has 2 atom stereocenters. The van der Waals surface area contributed by atoms with Gasteiger partial charge < -0.3 is 27.4 Å². The van der Waals surface area contributed by atoms with Gasteiger partial charge in [0, 0.05) is 19.4 Å². The molecule has 0 heterocycles. The molecule has 0 bridgehead atoms. The van der Waals surface area contributed by atoms with E-state index in [2.05, 4.69) is 16.0 Å². The van der Waals surface area contributed by atoms with E-state index in [4.69, 9.17) is 11.5 Å². The number of benzene rings is 1. The van der Waals surface area contributed by atoms with E-state index < -0.39 is 29.8 Å². The number of amides is 4. The van der Waals surface area contributed by atoms with Gasteiger partial charge in [0.25, 0.3) is 0 Å². The van der Waals surface area contributed by atoms with Crippen molar-refractivity contribution in [1.29, 1.82) is 0 Å². The lowest BCUT2D eigenvalue weighted by atomic mass is 10.0. The molecule has 2 unspecified atom stereocenters. The molecule has 0 aliphatic heterocycles. The fourth-order valence-corrected chi connectivity index (χ4v) is 2.34. The highest BCUT2D eigenvalue weighted by atomic mass is 16.2. The standard InChI is InChI=1S/C19H29N5O4/c1-12(2)17(21)19(28)22-9-8-16(26)24-14(18(27)23-11-15(20)25)10-13-6-4-3-5-7-13/h3-7,12,14,17H,8-11,21H2,1-2H3,(H2,20,25)(H,22,28)(H,23,27)(H,24,26). The maximum atomic E-state index is 12.3. The number of nitrogens with two attached hydrogens (primary N) is 2. The highest BCUT2D eigenvalue weighted by Crippen LogP contribution is 2.04. The minimum Gasteiger partial charge on any atom is -0.368 e. The summed E-state index contributed by atoms with van der Waals surface area (Å²) in [6, 6.07) is 7.62. The van der Waals surface area contributed by atoms with E-state index in [1.54, 1.807) is 0 Å². The molecule has 0 aliphatic rings. The van der Waals surface area contributed by atoms with Crippen LogP contribution in [-0.4, -0.2) is 48.8 Å². The van der Waals surface area contributed by atoms with Gasteiger partial charge in [0.05, 0.1) is 12.6 Å². The highest BCUT2D eigenvalue weighted by molar-refractivity contribution is 5.90. The van der Waals surface area contributed by atoms with Crippen molar-refractivity contribution in [3.8, 4) is 0 Å². The lowest BCUT2D eigenvalue weighted by Gasteiger charge is -2.19. The minimum atomic E-state index is -0.872. The van der Waals surface area contributed by atoms with Crippen LogP contribution in [0.2, 0.25) is 0 Å². The zero-order chi connectivity index (χ0) is 21.1. The van der Waals surface area contributed by atoms with Gasteiger partial charge in [-0.05, 0) is 11.5 Å². The summed E-state index contributed by atoms with van der Waals surface area (Å²) in [5, 5.41) is 7.62. The SMILES string of the molecule is CC(C)C(N)C(=O)NCCC(=O)NC(Cc1ccccc1)C(=O)NCC(N)=O. The van der Waals surface area contributed by atoms with Crippen molar-refractivity contribution < 1.29 is 19.2 Å². The average Bonchev–Trinajstić information content (AvgIpc) is 2.65. The molecule has 1 aromatic rings. The van der Waals surface area contributed by atoms with Crippen LogP contribution in [0.3, 0.4) is 0 Å². The first-order valence-electron chi connectivity index (χ1n) is 9.13. The molecule has 4 amide bonds. The molecule has 0 aliphatic carbocycles. The molecule has 0 aromatic heterocycles. The summed E-state index contributed by atoms with van der Waals surface area (Å²) in [5.41, 5.74) is 11.6. The summed E-state index contributed by atoms with van der Waals surface area (Å²) in [6.45, 7) is 3.45. The second-order valence-corrected chi connectivity index (χ2v) is 6.80. The zero-order valence-electron chi connectivity index (χ0n) is 16.2. The van der Waals surface area contributed by atoms with Crippen LogP contribution in [0.4, 0.5) is 0 Å². The summed E-state index contributed by atoms with van der Waals surface area (Å²) in [5.74, 6) is -1.95. The van der Waals surface area contributed by atoms with Crippen LogP contribution in [0.5, 0.6) is 0 Å². The second-order valence-electron chi connectivity index (χ2n) is 6.80. The van der Waals surface area contributed by atoms with E-state index in [1.807, 2.05) is 44.2 Å². The van der Waals surface area contributed by atoms with Crippen LogP contribution in [-0.2, 0) is 25.6 Å². The van der Waals surface area contributed by atoms with E-state index in [0.29, 0.717) is 0 Å². The zero-order valence-corrected chi connectivity index (χ0v) is 16.2. The molecule has 28 heavy (non-hydrogen) atoms. The fraction of sp³-hybridized carbons (Fsp3) is 0.474. The van der Waals surface area contributed by atoms with Crippen molar-refractivity contribution in [2.75, 3.05) is 13.1 Å². The van der Waals surface area contributed by atoms with E-state index >= 15 is 0 Å². The fourth-order valence-electron chi connectivity index (χ4n) is 2.34. The third kappa shape index (κ3) is 8.63. The number of carbonyl (C=O) groups excluding carboxylic acids is 4. The van der Waals surface area contributed by atoms with Crippen molar-refractivity contribution in [2.24, 2.45) is 17.4 Å². The number of carbonyl (C=O) groups is 4. The summed E-state index contributed by atoms with van der Waals surface area (Å²) < 4.78 is 0. The topological polar surface area (TPSA) is 156 Å². The molecule has 0 fully saturated rings. The molecule has 154 valence electrons. The minimum absolute atomic E-state index is 0.00898. The van der Waals surface area contributed by atoms with Crippen LogP contribution < -0.4 is 27.4 Å². The van der Waals surface area contributed by atoms with Gasteiger partial charge in [-0.15, -0.1) is 0 Å². The Morgan fingerprint density at radius 2 is 1.64 bits per heavy atom. The van der Waals surface area contributed by atoms with E-state index in [1.165, 1.54) is 0 Å². The molecular weight excluding hydrogens is 362 g/mol. The van der Waals surface area contributed by atoms with Gasteiger partial charge >= 0.3 is 0 Å². The maximum absolute atomic E-state index is 12.3. The quantitative estimate of drug-likeness (QED) is 0.320. The van der Waals surface area contributed by atoms with E-state index in [0.717, 1.165) is 5.56 Å². The third-order valence-electron chi connectivity index (χ3n) is 4.04. The first kappa shape index (κ1) is 23.1. The van der Waals surface area contributed by atoms with Gasteiger partial charge in [-0.3, -0.25) is 19.2 Å². The van der Waals surface area contributed by atoms with Crippen LogP contribution in [0.25, 0.3) is 0 Å². The normalized spacial score (nSPS) is 12.7. The molecular formula is C19H29N5O4. The molecule has 7 N–H and O–H groups in total. The van der Waals surface area contributed by atoms with Crippen LogP contribution in [0.1, 0.15) is 25.8 Å². The number of rotatable bonds is 11. The van der Waals surface area contributed by atoms with Gasteiger partial charge in [-0.2, -0.15) is 0 Å². The number of hydrogen-bond donors (Lipinski definition) is 5. The van der Waals surface area contributed by atoms with Crippen molar-refractivity contribution in [3.63, 3.8) is 0 Å². The third-order valence-corrected chi connectivity index (χ3v) is 4.04. The Labute approximate surface area is 164 Å². The summed E-state index contributed by atoms with van der Waals surface area (Å²) >= 11 is 0. The van der Waals surface area contributed by atoms with Crippen LogP contribution in [0.15, 0.2) is 30.3 Å². The molecule has 1 aromatic carbocycles. The Balaban J connectivity index is 2.61. The number of hydrogen-bond acceptors (Lipinski definition) is 5. The Bertz CT molecular complexity index is 678. The van der Waals surface area contributed by atoms with Crippen molar-refractivity contribution in [1.82, 2.24) is 16.0 Å². The van der Waals surface area contributed by atoms with E-state index in [9.17, 15) is 19.2 Å². The molecule has 0 saturated heterocycles. The van der Waals surface area contributed by atoms with E-state index in [-0.39, 0.29) is 37.8 Å². The first-order valence-corrected chi connectivity index (χ1v) is 9.13. The molecule has 9 heteroatoms. The average molecular weight is 391 g/mol. The second kappa shape index (κ2) is 11.7. The Morgan fingerprint density at radius 3 is 2.21 bits per heavy atom. The van der Waals surface area contributed by atoms with Crippen molar-refractivity contribution in [3.05, 3.63) is 35.9 Å². The lowest BCUT2D eigenvalue weighted by Crippen LogP contribution is -2.50. The smallest absolute Gasteiger partial charge is 0.243 e. The summed E-state index contributed by atoms with van der Waals surface area (Å²) in [6.07, 6.45) is 0.243. The number of primary amides is 1. The number of nitrogens with one attached hydrogen (secondary N) is 3. The van der Waals surface area contributed by atoms with Crippen LogP contribution in [0, 0.1) is 5.92 Å². The Morgan fingerprint density at radius 1 is 1.00 bits per heavy atom. The van der Waals surface area contributed by atoms with Gasteiger partial charge in [-0.1, -0.05) is 44.2 Å². The first-order chi connectivity index (χ1) is 13.2. The largest absolute Gasteiger partial charge is 0.368 e. The maximum Gasteiger partial charge on any atom is 0.243 e. The summed E-state index contributed by atoms with van der Waals surface area (Å²) in [4.78, 5) is 47.2. The molecule has 0 saturated carbocycles. The van der Waals surface area contributed by atoms with Gasteiger partial charge in [0.1, 0.15) is 6.04 Å². The van der Waals surface area contributed by atoms with Gasteiger partial charge in [-0.25, -0.2) is 0 Å². The van der Waals surface area contributed by atoms with Gasteiger partial charge in [0.15, 0.2) is 0 Å². The van der Waals surface area contributed by atoms with Crippen molar-refractivity contribution in [2.45, 2.75) is 38.8 Å². The van der Waals surface area contributed by atoms with Gasteiger partial charge in [0.2, 0.25) is 23.6 Å². The van der Waals surface area contributed by atoms with Crippen LogP contribution >= 0.6 is 0 Å². The molecule has 0 spiro atoms. The molecule has 0 radical (unpaired) electrons. The van der Waals surface area contributed by atoms with Crippen molar-refractivity contribution >= 4 is 23.6 Å². The Kier molecular flexibility index (Phi) is 9.66. The predicted octanol–water partition coefficient (Wildman–Crippen LogP) is -1.19.